The third-order valence-electron chi connectivity index (χ3n) is 9.84. The Morgan fingerprint density at radius 1 is 0.308 bits per heavy atom. The first kappa shape index (κ1) is 30.2. The summed E-state index contributed by atoms with van der Waals surface area (Å²) < 4.78 is 9.28. The fraction of sp³-hybridized carbons (Fsp3) is 0. The van der Waals surface area contributed by atoms with E-state index in [1.54, 1.807) is 0 Å². The van der Waals surface area contributed by atoms with Gasteiger partial charge >= 0.3 is 0 Å². The molecule has 0 fully saturated rings. The average molecular weight is 685 g/mol. The van der Waals surface area contributed by atoms with Gasteiger partial charge in [-0.25, -0.2) is 0 Å². The molecule has 8 aromatic carbocycles. The van der Waals surface area contributed by atoms with Crippen molar-refractivity contribution >= 4 is 87.6 Å². The lowest BCUT2D eigenvalue weighted by Crippen LogP contribution is -2.09. The summed E-state index contributed by atoms with van der Waals surface area (Å²) >= 11 is 1.84. The first-order chi connectivity index (χ1) is 25.8. The van der Waals surface area contributed by atoms with Gasteiger partial charge < -0.3 is 14.2 Å². The van der Waals surface area contributed by atoms with E-state index in [1.165, 1.54) is 31.3 Å². The molecule has 10 rings (SSSR count). The lowest BCUT2D eigenvalue weighted by molar-refractivity contribution is 0.669. The second-order valence-electron chi connectivity index (χ2n) is 13.0. The molecular formula is C48H32N2OS. The molecule has 0 saturated heterocycles. The zero-order valence-electron chi connectivity index (χ0n) is 28.2. The van der Waals surface area contributed by atoms with E-state index in [4.69, 9.17) is 4.42 Å². The number of hydrogen-bond acceptors (Lipinski definition) is 4. The molecule has 0 aliphatic carbocycles. The Kier molecular flexibility index (Phi) is 7.33. The van der Waals surface area contributed by atoms with E-state index in [2.05, 4.69) is 192 Å². The van der Waals surface area contributed by atoms with Crippen LogP contribution in [0, 0.1) is 0 Å². The van der Waals surface area contributed by atoms with Gasteiger partial charge in [-0.1, -0.05) is 103 Å². The van der Waals surface area contributed by atoms with Crippen molar-refractivity contribution in [1.82, 2.24) is 0 Å². The van der Waals surface area contributed by atoms with E-state index < -0.39 is 0 Å². The largest absolute Gasteiger partial charge is 0.456 e. The molecule has 0 amide bonds. The second-order valence-corrected chi connectivity index (χ2v) is 14.1. The average Bonchev–Trinajstić information content (AvgIpc) is 3.77. The molecule has 0 bridgehead atoms. The number of nitrogens with zero attached hydrogens (tertiary/aromatic N) is 2. The molecule has 2 aromatic heterocycles. The van der Waals surface area contributed by atoms with Crippen LogP contribution in [0.4, 0.5) is 34.1 Å². The molecule has 0 aliphatic rings. The van der Waals surface area contributed by atoms with Crippen LogP contribution in [0.2, 0.25) is 0 Å². The Bertz CT molecular complexity index is 2800. The van der Waals surface area contributed by atoms with Gasteiger partial charge in [-0.3, -0.25) is 0 Å². The predicted octanol–water partition coefficient (Wildman–Crippen LogP) is 14.6. The van der Waals surface area contributed by atoms with Crippen LogP contribution >= 0.6 is 11.3 Å². The molecule has 4 heteroatoms. The van der Waals surface area contributed by atoms with Gasteiger partial charge in [-0.15, -0.1) is 11.3 Å². The molecule has 0 unspecified atom stereocenters. The number of thiophene rings is 1. The highest BCUT2D eigenvalue weighted by Gasteiger charge is 2.19. The Labute approximate surface area is 305 Å². The zero-order chi connectivity index (χ0) is 34.4. The van der Waals surface area contributed by atoms with Crippen LogP contribution in [0.5, 0.6) is 0 Å². The second kappa shape index (κ2) is 12.6. The van der Waals surface area contributed by atoms with E-state index in [0.29, 0.717) is 0 Å². The molecule has 0 saturated carbocycles. The van der Waals surface area contributed by atoms with Gasteiger partial charge in [0.2, 0.25) is 0 Å². The third-order valence-corrected chi connectivity index (χ3v) is 11.0. The molecular weight excluding hydrogens is 653 g/mol. The number of anilines is 6. The molecule has 0 atom stereocenters. The number of fused-ring (bicyclic) bond motifs is 6. The SMILES string of the molecule is c1ccc(-c2ccc(N(c3ccc4c(c3)oc3cc(N(c5ccccc5)c5ccccc5)ccc34)c3ccc4c(c3)sc3ccccc34)cc2)cc1. The van der Waals surface area contributed by atoms with Gasteiger partial charge in [-0.2, -0.15) is 0 Å². The lowest BCUT2D eigenvalue weighted by atomic mass is 10.0. The van der Waals surface area contributed by atoms with Crippen LogP contribution in [0.3, 0.4) is 0 Å². The molecule has 0 spiro atoms. The first-order valence-electron chi connectivity index (χ1n) is 17.5. The summed E-state index contributed by atoms with van der Waals surface area (Å²) in [6.07, 6.45) is 0. The van der Waals surface area contributed by atoms with E-state index in [1.807, 2.05) is 23.5 Å². The number of furan rings is 1. The Hall–Kier alpha value is -6.62. The molecule has 0 aliphatic heterocycles. The highest BCUT2D eigenvalue weighted by molar-refractivity contribution is 7.25. The summed E-state index contributed by atoms with van der Waals surface area (Å²) in [5.41, 5.74) is 10.5. The minimum atomic E-state index is 0.851. The summed E-state index contributed by atoms with van der Waals surface area (Å²) in [4.78, 5) is 4.60. The fourth-order valence-electron chi connectivity index (χ4n) is 7.37. The summed E-state index contributed by atoms with van der Waals surface area (Å²) in [6, 6.07) is 69.0. The minimum Gasteiger partial charge on any atom is -0.456 e. The Balaban J connectivity index is 1.10. The maximum Gasteiger partial charge on any atom is 0.137 e. The molecule has 0 N–H and O–H groups in total. The quantitative estimate of drug-likeness (QED) is 0.167. The van der Waals surface area contributed by atoms with Crippen molar-refractivity contribution in [2.75, 3.05) is 9.80 Å². The summed E-state index contributed by atoms with van der Waals surface area (Å²) in [6.45, 7) is 0. The maximum absolute atomic E-state index is 6.71. The third kappa shape index (κ3) is 5.29. The van der Waals surface area contributed by atoms with Crippen molar-refractivity contribution in [2.45, 2.75) is 0 Å². The zero-order valence-corrected chi connectivity index (χ0v) is 29.0. The van der Waals surface area contributed by atoms with Crippen molar-refractivity contribution < 1.29 is 4.42 Å². The number of para-hydroxylation sites is 2. The molecule has 2 heterocycles. The predicted molar refractivity (Wildman–Crippen MR) is 221 cm³/mol. The Morgan fingerprint density at radius 2 is 0.731 bits per heavy atom. The molecule has 246 valence electrons. The van der Waals surface area contributed by atoms with E-state index in [9.17, 15) is 0 Å². The number of hydrogen-bond donors (Lipinski definition) is 0. The molecule has 0 radical (unpaired) electrons. The summed E-state index contributed by atoms with van der Waals surface area (Å²) in [5.74, 6) is 0. The summed E-state index contributed by atoms with van der Waals surface area (Å²) in [7, 11) is 0. The van der Waals surface area contributed by atoms with Crippen LogP contribution in [0.25, 0.3) is 53.2 Å². The highest BCUT2D eigenvalue weighted by atomic mass is 32.1. The van der Waals surface area contributed by atoms with Gasteiger partial charge in [0.1, 0.15) is 11.2 Å². The van der Waals surface area contributed by atoms with E-state index in [-0.39, 0.29) is 0 Å². The van der Waals surface area contributed by atoms with Gasteiger partial charge in [0, 0.05) is 77.2 Å². The maximum atomic E-state index is 6.71. The number of benzene rings is 8. The van der Waals surface area contributed by atoms with E-state index in [0.717, 1.165) is 56.1 Å². The van der Waals surface area contributed by atoms with Crippen LogP contribution in [0.1, 0.15) is 0 Å². The smallest absolute Gasteiger partial charge is 0.137 e. The molecule has 3 nitrogen and oxygen atoms in total. The van der Waals surface area contributed by atoms with Crippen LogP contribution < -0.4 is 9.80 Å². The lowest BCUT2D eigenvalue weighted by Gasteiger charge is -2.26. The van der Waals surface area contributed by atoms with Crippen molar-refractivity contribution in [3.63, 3.8) is 0 Å². The molecule has 10 aromatic rings. The normalized spacial score (nSPS) is 11.5. The monoisotopic (exact) mass is 684 g/mol. The minimum absolute atomic E-state index is 0.851. The number of rotatable bonds is 7. The van der Waals surface area contributed by atoms with Gasteiger partial charge in [-0.05, 0) is 90.0 Å². The van der Waals surface area contributed by atoms with Crippen molar-refractivity contribution in [2.24, 2.45) is 0 Å². The van der Waals surface area contributed by atoms with Crippen molar-refractivity contribution in [3.05, 3.63) is 194 Å². The fourth-order valence-corrected chi connectivity index (χ4v) is 8.51. The van der Waals surface area contributed by atoms with Gasteiger partial charge in [0.05, 0.1) is 0 Å². The summed E-state index contributed by atoms with van der Waals surface area (Å²) in [5, 5.41) is 4.77. The van der Waals surface area contributed by atoms with Crippen LogP contribution in [-0.4, -0.2) is 0 Å². The highest BCUT2D eigenvalue weighted by Crippen LogP contribution is 2.43. The van der Waals surface area contributed by atoms with Crippen LogP contribution in [0.15, 0.2) is 199 Å². The van der Waals surface area contributed by atoms with Crippen molar-refractivity contribution in [1.29, 1.82) is 0 Å². The van der Waals surface area contributed by atoms with E-state index >= 15 is 0 Å². The van der Waals surface area contributed by atoms with Gasteiger partial charge in [0.25, 0.3) is 0 Å². The van der Waals surface area contributed by atoms with Crippen molar-refractivity contribution in [3.8, 4) is 11.1 Å². The first-order valence-corrected chi connectivity index (χ1v) is 18.3. The van der Waals surface area contributed by atoms with Crippen LogP contribution in [-0.2, 0) is 0 Å². The topological polar surface area (TPSA) is 19.6 Å². The molecule has 52 heavy (non-hydrogen) atoms. The standard InChI is InChI=1S/C48H32N2OS/c1-4-12-33(13-5-1)34-20-22-37(23-21-34)50(40-26-29-44-43-18-10-11-19-47(43)52-48(44)32-40)39-25-28-42-41-27-24-38(30-45(41)51-46(42)31-39)49(35-14-6-2-7-15-35)36-16-8-3-9-17-36/h1-32H. The Morgan fingerprint density at radius 3 is 1.35 bits per heavy atom. The van der Waals surface area contributed by atoms with Gasteiger partial charge in [0.15, 0.2) is 0 Å².